The van der Waals surface area contributed by atoms with E-state index in [1.54, 1.807) is 0 Å². The first-order valence-electron chi connectivity index (χ1n) is 5.48. The first-order valence-corrected chi connectivity index (χ1v) is 6.73. The van der Waals surface area contributed by atoms with Crippen LogP contribution in [0.5, 0.6) is 0 Å². The maximum atomic E-state index is 7.48. The molecular formula is C14H13ClN2S. The smallest absolute Gasteiger partial charge is 0.151 e. The first kappa shape index (κ1) is 13.0. The fraction of sp³-hybridized carbons (Fsp3) is 0.0714. The molecule has 0 unspecified atom stereocenters. The van der Waals surface area contributed by atoms with E-state index in [0.29, 0.717) is 5.02 Å². The maximum absolute atomic E-state index is 7.48. The van der Waals surface area contributed by atoms with Gasteiger partial charge in [0.05, 0.1) is 5.25 Å². The van der Waals surface area contributed by atoms with Crippen LogP contribution in [0.3, 0.4) is 0 Å². The highest BCUT2D eigenvalue weighted by atomic mass is 35.5. The van der Waals surface area contributed by atoms with Gasteiger partial charge in [-0.15, -0.1) is 0 Å². The summed E-state index contributed by atoms with van der Waals surface area (Å²) in [6.07, 6.45) is 0. The van der Waals surface area contributed by atoms with Crippen molar-refractivity contribution < 1.29 is 0 Å². The Morgan fingerprint density at radius 3 is 2.11 bits per heavy atom. The van der Waals surface area contributed by atoms with Crippen molar-refractivity contribution in [1.82, 2.24) is 0 Å². The van der Waals surface area contributed by atoms with Crippen LogP contribution in [0, 0.1) is 5.41 Å². The summed E-state index contributed by atoms with van der Waals surface area (Å²) in [6, 6.07) is 17.7. The summed E-state index contributed by atoms with van der Waals surface area (Å²) in [4.78, 5) is 0. The SMILES string of the molecule is N=C(N)S[C@H](c1ccccc1)c1ccc(Cl)cc1. The predicted octanol–water partition coefficient (Wildman–Crippen LogP) is 4.06. The van der Waals surface area contributed by atoms with Crippen molar-refractivity contribution in [2.45, 2.75) is 5.25 Å². The molecule has 2 aromatic rings. The monoisotopic (exact) mass is 276 g/mol. The van der Waals surface area contributed by atoms with Crippen molar-refractivity contribution in [2.75, 3.05) is 0 Å². The third-order valence-electron chi connectivity index (χ3n) is 2.52. The molecule has 0 saturated carbocycles. The van der Waals surface area contributed by atoms with E-state index in [9.17, 15) is 0 Å². The minimum atomic E-state index is 0.0287. The first-order chi connectivity index (χ1) is 8.66. The lowest BCUT2D eigenvalue weighted by Crippen LogP contribution is -2.08. The van der Waals surface area contributed by atoms with Gasteiger partial charge in [-0.05, 0) is 23.3 Å². The molecule has 0 aromatic heterocycles. The van der Waals surface area contributed by atoms with Gasteiger partial charge in [0.15, 0.2) is 5.17 Å². The number of rotatable bonds is 3. The third-order valence-corrected chi connectivity index (χ3v) is 3.81. The third kappa shape index (κ3) is 3.28. The summed E-state index contributed by atoms with van der Waals surface area (Å²) in [5, 5.41) is 8.33. The Kier molecular flexibility index (Phi) is 4.28. The van der Waals surface area contributed by atoms with Gasteiger partial charge >= 0.3 is 0 Å². The molecule has 18 heavy (non-hydrogen) atoms. The van der Waals surface area contributed by atoms with Crippen LogP contribution in [-0.4, -0.2) is 5.17 Å². The van der Waals surface area contributed by atoms with Crippen LogP contribution in [0.1, 0.15) is 16.4 Å². The zero-order chi connectivity index (χ0) is 13.0. The summed E-state index contributed by atoms with van der Waals surface area (Å²) >= 11 is 7.22. The van der Waals surface area contributed by atoms with Crippen LogP contribution in [0.2, 0.25) is 5.02 Å². The topological polar surface area (TPSA) is 49.9 Å². The van der Waals surface area contributed by atoms with Crippen molar-refractivity contribution in [2.24, 2.45) is 5.73 Å². The molecule has 4 heteroatoms. The van der Waals surface area contributed by atoms with Gasteiger partial charge in [0, 0.05) is 5.02 Å². The minimum Gasteiger partial charge on any atom is -0.379 e. The van der Waals surface area contributed by atoms with E-state index in [1.807, 2.05) is 54.6 Å². The average Bonchev–Trinajstić information content (AvgIpc) is 2.38. The number of hydrogen-bond donors (Lipinski definition) is 2. The molecule has 2 nitrogen and oxygen atoms in total. The number of nitrogens with two attached hydrogens (primary N) is 1. The number of nitrogens with one attached hydrogen (secondary N) is 1. The summed E-state index contributed by atoms with van der Waals surface area (Å²) in [6.45, 7) is 0. The lowest BCUT2D eigenvalue weighted by atomic mass is 10.0. The molecule has 0 heterocycles. The van der Waals surface area contributed by atoms with Gasteiger partial charge in [0.2, 0.25) is 0 Å². The van der Waals surface area contributed by atoms with Crippen molar-refractivity contribution in [3.05, 3.63) is 70.7 Å². The zero-order valence-corrected chi connectivity index (χ0v) is 11.2. The molecule has 0 radical (unpaired) electrons. The molecule has 2 aromatic carbocycles. The molecule has 92 valence electrons. The van der Waals surface area contributed by atoms with Gasteiger partial charge < -0.3 is 5.73 Å². The molecule has 2 rings (SSSR count). The second-order valence-electron chi connectivity index (χ2n) is 3.82. The summed E-state index contributed by atoms with van der Waals surface area (Å²) in [7, 11) is 0. The molecule has 0 spiro atoms. The molecule has 0 aliphatic rings. The van der Waals surface area contributed by atoms with E-state index in [2.05, 4.69) is 0 Å². The van der Waals surface area contributed by atoms with Gasteiger partial charge in [0.25, 0.3) is 0 Å². The summed E-state index contributed by atoms with van der Waals surface area (Å²) in [5.41, 5.74) is 7.73. The van der Waals surface area contributed by atoms with Gasteiger partial charge in [-0.25, -0.2) is 0 Å². The van der Waals surface area contributed by atoms with Crippen LogP contribution >= 0.6 is 23.4 Å². The Morgan fingerprint density at radius 1 is 1.00 bits per heavy atom. The van der Waals surface area contributed by atoms with Gasteiger partial charge in [0.1, 0.15) is 0 Å². The minimum absolute atomic E-state index is 0.0287. The number of hydrogen-bond acceptors (Lipinski definition) is 2. The highest BCUT2D eigenvalue weighted by Crippen LogP contribution is 2.35. The van der Waals surface area contributed by atoms with E-state index in [0.717, 1.165) is 11.1 Å². The number of benzene rings is 2. The fourth-order valence-electron chi connectivity index (χ4n) is 1.72. The molecule has 0 saturated heterocycles. The Balaban J connectivity index is 2.36. The van der Waals surface area contributed by atoms with E-state index in [1.165, 1.54) is 11.8 Å². The average molecular weight is 277 g/mol. The Bertz CT molecular complexity index is 525. The van der Waals surface area contributed by atoms with Crippen molar-refractivity contribution >= 4 is 28.5 Å². The molecular weight excluding hydrogens is 264 g/mol. The molecule has 0 amide bonds. The Labute approximate surface area is 116 Å². The van der Waals surface area contributed by atoms with Crippen LogP contribution in [-0.2, 0) is 0 Å². The second kappa shape index (κ2) is 5.94. The molecule has 0 fully saturated rings. The lowest BCUT2D eigenvalue weighted by Gasteiger charge is -2.16. The summed E-state index contributed by atoms with van der Waals surface area (Å²) < 4.78 is 0. The fourth-order valence-corrected chi connectivity index (χ4v) is 2.69. The Hall–Kier alpha value is -1.45. The van der Waals surface area contributed by atoms with E-state index >= 15 is 0 Å². The van der Waals surface area contributed by atoms with Gasteiger partial charge in [-0.3, -0.25) is 5.41 Å². The number of halogens is 1. The van der Waals surface area contributed by atoms with Crippen molar-refractivity contribution in [1.29, 1.82) is 5.41 Å². The largest absolute Gasteiger partial charge is 0.379 e. The second-order valence-corrected chi connectivity index (χ2v) is 5.41. The van der Waals surface area contributed by atoms with Gasteiger partial charge in [-0.2, -0.15) is 0 Å². The Morgan fingerprint density at radius 2 is 1.56 bits per heavy atom. The quantitative estimate of drug-likeness (QED) is 0.656. The van der Waals surface area contributed by atoms with Crippen LogP contribution < -0.4 is 5.73 Å². The van der Waals surface area contributed by atoms with Crippen LogP contribution in [0.25, 0.3) is 0 Å². The van der Waals surface area contributed by atoms with E-state index in [4.69, 9.17) is 22.7 Å². The normalized spacial score (nSPS) is 12.1. The van der Waals surface area contributed by atoms with Crippen molar-refractivity contribution in [3.8, 4) is 0 Å². The highest BCUT2D eigenvalue weighted by Gasteiger charge is 2.15. The van der Waals surface area contributed by atoms with E-state index < -0.39 is 0 Å². The van der Waals surface area contributed by atoms with Crippen LogP contribution in [0.15, 0.2) is 54.6 Å². The van der Waals surface area contributed by atoms with E-state index in [-0.39, 0.29) is 10.4 Å². The van der Waals surface area contributed by atoms with Gasteiger partial charge in [-0.1, -0.05) is 65.8 Å². The summed E-state index contributed by atoms with van der Waals surface area (Å²) in [5.74, 6) is 0. The number of amidine groups is 1. The lowest BCUT2D eigenvalue weighted by molar-refractivity contribution is 1.16. The highest BCUT2D eigenvalue weighted by molar-refractivity contribution is 8.14. The maximum Gasteiger partial charge on any atom is 0.151 e. The van der Waals surface area contributed by atoms with Crippen molar-refractivity contribution in [3.63, 3.8) is 0 Å². The molecule has 0 bridgehead atoms. The molecule has 3 N–H and O–H groups in total. The molecule has 0 aliphatic heterocycles. The van der Waals surface area contributed by atoms with Crippen LogP contribution in [0.4, 0.5) is 0 Å². The molecule has 1 atom stereocenters. The predicted molar refractivity (Wildman–Crippen MR) is 79.2 cm³/mol. The zero-order valence-electron chi connectivity index (χ0n) is 9.64. The standard InChI is InChI=1S/C14H13ClN2S/c15-12-8-6-11(7-9-12)13(18-14(16)17)10-4-2-1-3-5-10/h1-9,13H,(H3,16,17)/t13-/m1/s1. The molecule has 0 aliphatic carbocycles. The number of thioether (sulfide) groups is 1.